The quantitative estimate of drug-likeness (QED) is 0.461. The van der Waals surface area contributed by atoms with Crippen molar-refractivity contribution in [2.24, 2.45) is 4.99 Å². The summed E-state index contributed by atoms with van der Waals surface area (Å²) in [6.07, 6.45) is -4.32. The summed E-state index contributed by atoms with van der Waals surface area (Å²) in [4.78, 5) is 4.69. The molecule has 3 aromatic carbocycles. The minimum atomic E-state index is -4.49. The molecule has 0 aromatic heterocycles. The zero-order valence-electron chi connectivity index (χ0n) is 14.6. The highest BCUT2D eigenvalue weighted by Gasteiger charge is 2.38. The second-order valence-electron chi connectivity index (χ2n) is 6.35. The van der Waals surface area contributed by atoms with Crippen molar-refractivity contribution in [2.75, 3.05) is 6.61 Å². The Hall–Kier alpha value is -2.79. The van der Waals surface area contributed by atoms with Crippen LogP contribution in [0.1, 0.15) is 22.3 Å². The average Bonchev–Trinajstić information content (AvgIpc) is 3.17. The summed E-state index contributed by atoms with van der Waals surface area (Å²) in [6.45, 7) is 0.174. The van der Waals surface area contributed by atoms with Crippen LogP contribution in [0.4, 0.5) is 18.9 Å². The van der Waals surface area contributed by atoms with Crippen LogP contribution in [0.15, 0.2) is 71.7 Å². The second kappa shape index (κ2) is 7.32. The lowest BCUT2D eigenvalue weighted by atomic mass is 10.0. The molecule has 28 heavy (non-hydrogen) atoms. The molecular formula is C22H15ClF3NO. The van der Waals surface area contributed by atoms with E-state index >= 15 is 0 Å². The third-order valence-electron chi connectivity index (χ3n) is 4.53. The third-order valence-corrected chi connectivity index (χ3v) is 4.82. The maximum atomic E-state index is 13.4. The van der Waals surface area contributed by atoms with Gasteiger partial charge in [0.1, 0.15) is 11.4 Å². The monoisotopic (exact) mass is 401 g/mol. The number of aliphatic imine (C=N–C) groups is 1. The molecule has 0 radical (unpaired) electrons. The molecule has 0 fully saturated rings. The van der Waals surface area contributed by atoms with Crippen LogP contribution >= 0.6 is 11.6 Å². The van der Waals surface area contributed by atoms with E-state index in [1.54, 1.807) is 0 Å². The maximum absolute atomic E-state index is 13.4. The van der Waals surface area contributed by atoms with E-state index < -0.39 is 11.7 Å². The largest absolute Gasteiger partial charge is 0.491 e. The molecule has 4 rings (SSSR count). The first-order valence-electron chi connectivity index (χ1n) is 8.70. The number of fused-ring (bicyclic) bond motifs is 1. The molecule has 2 nitrogen and oxygen atoms in total. The number of hydrogen-bond acceptors (Lipinski definition) is 2. The summed E-state index contributed by atoms with van der Waals surface area (Å²) in [5, 5.41) is -0.0858. The van der Waals surface area contributed by atoms with Crippen LogP contribution in [0.3, 0.4) is 0 Å². The van der Waals surface area contributed by atoms with Crippen molar-refractivity contribution in [3.8, 4) is 5.75 Å². The van der Waals surface area contributed by atoms with E-state index in [0.717, 1.165) is 17.2 Å². The summed E-state index contributed by atoms with van der Waals surface area (Å²) < 4.78 is 45.7. The molecule has 0 unspecified atom stereocenters. The molecule has 0 saturated heterocycles. The number of hydrogen-bond donors (Lipinski definition) is 0. The average molecular weight is 402 g/mol. The standard InChI is InChI=1S/C22H15ClF3NO/c23-18-13-17(22(24,25)26)16-11-12-28-21(16)20(18)27-19(14-7-3-1-4-8-14)15-9-5-2-6-10-15/h1-10,13H,11-12H2. The van der Waals surface area contributed by atoms with E-state index in [4.69, 9.17) is 16.3 Å². The molecule has 1 aliphatic rings. The minimum Gasteiger partial charge on any atom is -0.491 e. The van der Waals surface area contributed by atoms with Gasteiger partial charge in [0.2, 0.25) is 0 Å². The van der Waals surface area contributed by atoms with Gasteiger partial charge in [0.15, 0.2) is 0 Å². The highest BCUT2D eigenvalue weighted by molar-refractivity contribution is 6.34. The molecule has 0 spiro atoms. The van der Waals surface area contributed by atoms with Gasteiger partial charge in [-0.1, -0.05) is 72.3 Å². The molecular weight excluding hydrogens is 387 g/mol. The van der Waals surface area contributed by atoms with Gasteiger partial charge in [0.25, 0.3) is 0 Å². The molecule has 0 atom stereocenters. The summed E-state index contributed by atoms with van der Waals surface area (Å²) >= 11 is 6.25. The highest BCUT2D eigenvalue weighted by atomic mass is 35.5. The van der Waals surface area contributed by atoms with Crippen LogP contribution < -0.4 is 4.74 Å². The van der Waals surface area contributed by atoms with Crippen LogP contribution in [0, 0.1) is 0 Å². The zero-order chi connectivity index (χ0) is 19.7. The number of ether oxygens (including phenoxy) is 1. The molecule has 3 aromatic rings. The number of benzene rings is 3. The van der Waals surface area contributed by atoms with E-state index in [0.29, 0.717) is 5.71 Å². The fraction of sp³-hybridized carbons (Fsp3) is 0.136. The summed E-state index contributed by atoms with van der Waals surface area (Å²) in [6, 6.07) is 19.8. The van der Waals surface area contributed by atoms with Gasteiger partial charge in [-0.15, -0.1) is 0 Å². The van der Waals surface area contributed by atoms with Gasteiger partial charge in [0.05, 0.1) is 22.9 Å². The third kappa shape index (κ3) is 3.50. The normalized spacial score (nSPS) is 13.0. The molecule has 6 heteroatoms. The van der Waals surface area contributed by atoms with Gasteiger partial charge in [-0.05, 0) is 6.07 Å². The van der Waals surface area contributed by atoms with Crippen molar-refractivity contribution in [3.63, 3.8) is 0 Å². The lowest BCUT2D eigenvalue weighted by molar-refractivity contribution is -0.138. The molecule has 0 saturated carbocycles. The first-order valence-corrected chi connectivity index (χ1v) is 9.08. The SMILES string of the molecule is FC(F)(F)c1cc(Cl)c(N=C(c2ccccc2)c2ccccc2)c2c1CCO2. The first-order chi connectivity index (χ1) is 13.4. The Labute approximate surface area is 165 Å². The smallest absolute Gasteiger partial charge is 0.416 e. The zero-order valence-corrected chi connectivity index (χ0v) is 15.4. The van der Waals surface area contributed by atoms with E-state index in [-0.39, 0.29) is 35.1 Å². The molecule has 0 bridgehead atoms. The van der Waals surface area contributed by atoms with Crippen LogP contribution in [-0.2, 0) is 12.6 Å². The molecule has 0 aliphatic carbocycles. The summed E-state index contributed by atoms with van der Waals surface area (Å²) in [7, 11) is 0. The van der Waals surface area contributed by atoms with Gasteiger partial charge in [0, 0.05) is 23.1 Å². The van der Waals surface area contributed by atoms with Crippen LogP contribution in [0.2, 0.25) is 5.02 Å². The number of alkyl halides is 3. The number of rotatable bonds is 3. The van der Waals surface area contributed by atoms with E-state index in [9.17, 15) is 13.2 Å². The fourth-order valence-electron chi connectivity index (χ4n) is 3.27. The molecule has 1 aliphatic heterocycles. The summed E-state index contributed by atoms with van der Waals surface area (Å²) in [5.74, 6) is 0.115. The number of halogens is 4. The lowest BCUT2D eigenvalue weighted by Gasteiger charge is -2.15. The maximum Gasteiger partial charge on any atom is 0.416 e. The molecule has 0 amide bonds. The summed E-state index contributed by atoms with van der Waals surface area (Å²) in [5.41, 5.74) is 1.85. The highest BCUT2D eigenvalue weighted by Crippen LogP contribution is 2.48. The number of nitrogens with zero attached hydrogens (tertiary/aromatic N) is 1. The molecule has 1 heterocycles. The Morgan fingerprint density at radius 1 is 0.929 bits per heavy atom. The van der Waals surface area contributed by atoms with Crippen LogP contribution in [0.25, 0.3) is 0 Å². The van der Waals surface area contributed by atoms with Crippen molar-refractivity contribution >= 4 is 23.0 Å². The predicted octanol–water partition coefficient (Wildman–Crippen LogP) is 6.46. The predicted molar refractivity (Wildman–Crippen MR) is 104 cm³/mol. The van der Waals surface area contributed by atoms with Crippen molar-refractivity contribution in [3.05, 3.63) is 94.0 Å². The fourth-order valence-corrected chi connectivity index (χ4v) is 3.51. The Morgan fingerprint density at radius 3 is 2.04 bits per heavy atom. The Balaban J connectivity index is 1.94. The van der Waals surface area contributed by atoms with Gasteiger partial charge < -0.3 is 4.74 Å². The second-order valence-corrected chi connectivity index (χ2v) is 6.76. The van der Waals surface area contributed by atoms with Crippen molar-refractivity contribution in [2.45, 2.75) is 12.6 Å². The van der Waals surface area contributed by atoms with Crippen LogP contribution in [-0.4, -0.2) is 12.3 Å². The Morgan fingerprint density at radius 2 is 1.50 bits per heavy atom. The van der Waals surface area contributed by atoms with Crippen molar-refractivity contribution < 1.29 is 17.9 Å². The van der Waals surface area contributed by atoms with Gasteiger partial charge in [-0.3, -0.25) is 0 Å². The lowest BCUT2D eigenvalue weighted by Crippen LogP contribution is -2.08. The topological polar surface area (TPSA) is 21.6 Å². The Kier molecular flexibility index (Phi) is 4.85. The van der Waals surface area contributed by atoms with E-state index in [1.807, 2.05) is 60.7 Å². The van der Waals surface area contributed by atoms with Gasteiger partial charge >= 0.3 is 6.18 Å². The Bertz CT molecular complexity index is 990. The molecule has 0 N–H and O–H groups in total. The van der Waals surface area contributed by atoms with Crippen molar-refractivity contribution in [1.29, 1.82) is 0 Å². The van der Waals surface area contributed by atoms with Gasteiger partial charge in [-0.25, -0.2) is 4.99 Å². The molecule has 142 valence electrons. The minimum absolute atomic E-state index is 0.0858. The van der Waals surface area contributed by atoms with E-state index in [1.165, 1.54) is 0 Å². The van der Waals surface area contributed by atoms with Gasteiger partial charge in [-0.2, -0.15) is 13.2 Å². The van der Waals surface area contributed by atoms with Crippen molar-refractivity contribution in [1.82, 2.24) is 0 Å². The first kappa shape index (κ1) is 18.6. The van der Waals surface area contributed by atoms with Crippen LogP contribution in [0.5, 0.6) is 5.75 Å². The van der Waals surface area contributed by atoms with E-state index in [2.05, 4.69) is 4.99 Å².